The topological polar surface area (TPSA) is 67.1 Å². The lowest BCUT2D eigenvalue weighted by molar-refractivity contribution is 0.194. The number of hydrogen-bond acceptors (Lipinski definition) is 5. The smallest absolute Gasteiger partial charge is 0.134 e. The summed E-state index contributed by atoms with van der Waals surface area (Å²) in [7, 11) is 2.20. The summed E-state index contributed by atoms with van der Waals surface area (Å²) >= 11 is 0. The molecule has 2 rings (SSSR count). The lowest BCUT2D eigenvalue weighted by atomic mass is 10.0. The molecular formula is C13H23N5. The fraction of sp³-hybridized carbons (Fsp3) is 0.692. The van der Waals surface area contributed by atoms with E-state index in [1.807, 2.05) is 0 Å². The summed E-state index contributed by atoms with van der Waals surface area (Å²) in [5.41, 5.74) is 6.89. The molecule has 1 fully saturated rings. The minimum Gasteiger partial charge on any atom is -0.383 e. The number of aromatic nitrogens is 2. The molecule has 3 N–H and O–H groups in total. The lowest BCUT2D eigenvalue weighted by Crippen LogP contribution is -2.41. The first-order valence-electron chi connectivity index (χ1n) is 6.75. The molecule has 1 aliphatic rings. The third-order valence-corrected chi connectivity index (χ3v) is 3.76. The molecule has 2 heterocycles. The van der Waals surface area contributed by atoms with Gasteiger partial charge in [-0.05, 0) is 32.9 Å². The summed E-state index contributed by atoms with van der Waals surface area (Å²) in [6.07, 6.45) is 6.28. The molecule has 0 spiro atoms. The average Bonchev–Trinajstić information content (AvgIpc) is 2.38. The van der Waals surface area contributed by atoms with Crippen LogP contribution in [0.25, 0.3) is 0 Å². The monoisotopic (exact) mass is 249 g/mol. The summed E-state index contributed by atoms with van der Waals surface area (Å²) in [5, 5.41) is 3.43. The number of rotatable bonds is 4. The van der Waals surface area contributed by atoms with E-state index in [9.17, 15) is 0 Å². The molecule has 1 aliphatic heterocycles. The number of nitrogen functional groups attached to an aromatic ring is 1. The van der Waals surface area contributed by atoms with Crippen molar-refractivity contribution in [2.24, 2.45) is 0 Å². The summed E-state index contributed by atoms with van der Waals surface area (Å²) in [6.45, 7) is 4.20. The van der Waals surface area contributed by atoms with Gasteiger partial charge in [-0.1, -0.05) is 13.3 Å². The molecule has 5 nitrogen and oxygen atoms in total. The second-order valence-corrected chi connectivity index (χ2v) is 4.95. The maximum Gasteiger partial charge on any atom is 0.134 e. The van der Waals surface area contributed by atoms with E-state index in [2.05, 4.69) is 34.2 Å². The van der Waals surface area contributed by atoms with Crippen molar-refractivity contribution in [3.63, 3.8) is 0 Å². The van der Waals surface area contributed by atoms with Crippen LogP contribution in [-0.2, 0) is 6.42 Å². The summed E-state index contributed by atoms with van der Waals surface area (Å²) < 4.78 is 0. The Bertz CT molecular complexity index is 393. The minimum absolute atomic E-state index is 0.590. The van der Waals surface area contributed by atoms with E-state index in [0.717, 1.165) is 24.3 Å². The van der Waals surface area contributed by atoms with Crippen molar-refractivity contribution in [2.45, 2.75) is 38.6 Å². The Morgan fingerprint density at radius 3 is 3.00 bits per heavy atom. The molecule has 1 unspecified atom stereocenters. The van der Waals surface area contributed by atoms with Gasteiger partial charge in [0.15, 0.2) is 0 Å². The van der Waals surface area contributed by atoms with E-state index < -0.39 is 0 Å². The van der Waals surface area contributed by atoms with Crippen LogP contribution in [0.4, 0.5) is 11.6 Å². The zero-order valence-electron chi connectivity index (χ0n) is 11.3. The third-order valence-electron chi connectivity index (χ3n) is 3.76. The molecule has 0 bridgehead atoms. The fourth-order valence-electron chi connectivity index (χ4n) is 2.54. The predicted octanol–water partition coefficient (Wildman–Crippen LogP) is 1.52. The Kier molecular flexibility index (Phi) is 4.36. The lowest BCUT2D eigenvalue weighted by Gasteiger charge is -2.32. The normalized spacial score (nSPS) is 20.9. The first-order chi connectivity index (χ1) is 8.72. The Morgan fingerprint density at radius 1 is 1.44 bits per heavy atom. The van der Waals surface area contributed by atoms with Crippen LogP contribution >= 0.6 is 0 Å². The summed E-state index contributed by atoms with van der Waals surface area (Å²) in [6, 6.07) is 0.597. The second-order valence-electron chi connectivity index (χ2n) is 4.95. The van der Waals surface area contributed by atoms with Crippen LogP contribution in [0, 0.1) is 0 Å². The largest absolute Gasteiger partial charge is 0.383 e. The van der Waals surface area contributed by atoms with E-state index in [0.29, 0.717) is 11.9 Å². The fourth-order valence-corrected chi connectivity index (χ4v) is 2.54. The third kappa shape index (κ3) is 2.90. The summed E-state index contributed by atoms with van der Waals surface area (Å²) in [5.74, 6) is 1.48. The zero-order chi connectivity index (χ0) is 13.0. The molecule has 100 valence electrons. The molecular weight excluding hydrogens is 226 g/mol. The van der Waals surface area contributed by atoms with Gasteiger partial charge in [0, 0.05) is 18.2 Å². The van der Waals surface area contributed by atoms with Gasteiger partial charge in [0.25, 0.3) is 0 Å². The molecule has 0 aliphatic carbocycles. The number of likely N-dealkylation sites (N-methyl/N-ethyl adjacent to an activating group) is 1. The van der Waals surface area contributed by atoms with Crippen LogP contribution in [-0.4, -0.2) is 41.0 Å². The Morgan fingerprint density at radius 2 is 2.28 bits per heavy atom. The number of hydrogen-bond donors (Lipinski definition) is 2. The van der Waals surface area contributed by atoms with Crippen molar-refractivity contribution < 1.29 is 0 Å². The second kappa shape index (κ2) is 6.00. The van der Waals surface area contributed by atoms with Gasteiger partial charge in [0.1, 0.15) is 18.0 Å². The van der Waals surface area contributed by atoms with Gasteiger partial charge in [-0.25, -0.2) is 9.97 Å². The van der Waals surface area contributed by atoms with Crippen LogP contribution in [0.3, 0.4) is 0 Å². The SMILES string of the molecule is CCc1c(N)ncnc1NCC1CCCCN1C. The highest BCUT2D eigenvalue weighted by molar-refractivity contribution is 5.54. The van der Waals surface area contributed by atoms with Crippen molar-refractivity contribution in [3.8, 4) is 0 Å². The van der Waals surface area contributed by atoms with Gasteiger partial charge in [-0.15, -0.1) is 0 Å². The average molecular weight is 249 g/mol. The highest BCUT2D eigenvalue weighted by Gasteiger charge is 2.19. The molecule has 0 radical (unpaired) electrons. The van der Waals surface area contributed by atoms with E-state index in [-0.39, 0.29) is 0 Å². The van der Waals surface area contributed by atoms with Gasteiger partial charge in [-0.3, -0.25) is 0 Å². The van der Waals surface area contributed by atoms with Crippen LogP contribution in [0.5, 0.6) is 0 Å². The van der Waals surface area contributed by atoms with Gasteiger partial charge in [0.2, 0.25) is 0 Å². The van der Waals surface area contributed by atoms with Gasteiger partial charge in [0.05, 0.1) is 0 Å². The Balaban J connectivity index is 1.99. The highest BCUT2D eigenvalue weighted by atomic mass is 15.2. The maximum atomic E-state index is 5.87. The molecule has 0 amide bonds. The minimum atomic E-state index is 0.590. The first kappa shape index (κ1) is 13.1. The number of nitrogens with zero attached hydrogens (tertiary/aromatic N) is 3. The van der Waals surface area contributed by atoms with Crippen molar-refractivity contribution in [1.82, 2.24) is 14.9 Å². The van der Waals surface area contributed by atoms with Crippen molar-refractivity contribution in [2.75, 3.05) is 31.2 Å². The summed E-state index contributed by atoms with van der Waals surface area (Å²) in [4.78, 5) is 10.8. The van der Waals surface area contributed by atoms with E-state index >= 15 is 0 Å². The number of piperidine rings is 1. The van der Waals surface area contributed by atoms with Crippen LogP contribution < -0.4 is 11.1 Å². The van der Waals surface area contributed by atoms with Crippen molar-refractivity contribution >= 4 is 11.6 Å². The zero-order valence-corrected chi connectivity index (χ0v) is 11.3. The van der Waals surface area contributed by atoms with Crippen LogP contribution in [0.15, 0.2) is 6.33 Å². The number of likely N-dealkylation sites (tertiary alicyclic amines) is 1. The first-order valence-corrected chi connectivity index (χ1v) is 6.75. The number of nitrogens with one attached hydrogen (secondary N) is 1. The van der Waals surface area contributed by atoms with Crippen LogP contribution in [0.1, 0.15) is 31.7 Å². The van der Waals surface area contributed by atoms with Crippen LogP contribution in [0.2, 0.25) is 0 Å². The molecule has 1 saturated heterocycles. The standard InChI is InChI=1S/C13H23N5/c1-3-11-12(14)16-9-17-13(11)15-8-10-6-4-5-7-18(10)2/h9-10H,3-8H2,1-2H3,(H3,14,15,16,17). The molecule has 1 aromatic heterocycles. The molecule has 5 heteroatoms. The maximum absolute atomic E-state index is 5.87. The van der Waals surface area contributed by atoms with Gasteiger partial charge < -0.3 is 16.0 Å². The quantitative estimate of drug-likeness (QED) is 0.847. The number of anilines is 2. The highest BCUT2D eigenvalue weighted by Crippen LogP contribution is 2.19. The predicted molar refractivity (Wildman–Crippen MR) is 74.6 cm³/mol. The van der Waals surface area contributed by atoms with Crippen molar-refractivity contribution in [3.05, 3.63) is 11.9 Å². The van der Waals surface area contributed by atoms with Gasteiger partial charge >= 0.3 is 0 Å². The molecule has 18 heavy (non-hydrogen) atoms. The molecule has 0 aromatic carbocycles. The Hall–Kier alpha value is -1.36. The Labute approximate surface area is 109 Å². The van der Waals surface area contributed by atoms with E-state index in [1.54, 1.807) is 0 Å². The molecule has 0 saturated carbocycles. The van der Waals surface area contributed by atoms with E-state index in [1.165, 1.54) is 32.1 Å². The molecule has 1 atom stereocenters. The van der Waals surface area contributed by atoms with E-state index in [4.69, 9.17) is 5.73 Å². The van der Waals surface area contributed by atoms with Crippen molar-refractivity contribution in [1.29, 1.82) is 0 Å². The molecule has 1 aromatic rings. The van der Waals surface area contributed by atoms with Gasteiger partial charge in [-0.2, -0.15) is 0 Å². The number of nitrogens with two attached hydrogens (primary N) is 1.